The van der Waals surface area contributed by atoms with E-state index in [0.29, 0.717) is 22.7 Å². The second-order valence-corrected chi connectivity index (χ2v) is 4.48. The fourth-order valence-corrected chi connectivity index (χ4v) is 1.91. The molecule has 0 atom stereocenters. The molecule has 94 valence electrons. The molecule has 0 spiro atoms. The number of nitrogens with two attached hydrogens (primary N) is 1. The van der Waals surface area contributed by atoms with Gasteiger partial charge in [-0.2, -0.15) is 0 Å². The van der Waals surface area contributed by atoms with Crippen LogP contribution in [0, 0.1) is 6.92 Å². The fourth-order valence-electron chi connectivity index (χ4n) is 1.45. The van der Waals surface area contributed by atoms with Gasteiger partial charge in [0.15, 0.2) is 5.82 Å². The predicted octanol–water partition coefficient (Wildman–Crippen LogP) is 1.84. The molecule has 2 aromatic heterocycles. The second kappa shape index (κ2) is 5.74. The Labute approximate surface area is 113 Å². The van der Waals surface area contributed by atoms with Crippen molar-refractivity contribution in [1.29, 1.82) is 0 Å². The van der Waals surface area contributed by atoms with E-state index in [1.54, 1.807) is 6.20 Å². The van der Waals surface area contributed by atoms with Crippen LogP contribution < -0.4 is 16.6 Å². The Morgan fingerprint density at radius 1 is 1.33 bits per heavy atom. The molecule has 18 heavy (non-hydrogen) atoms. The molecule has 6 nitrogen and oxygen atoms in total. The summed E-state index contributed by atoms with van der Waals surface area (Å²) in [5, 5.41) is 3.21. The van der Waals surface area contributed by atoms with Gasteiger partial charge < -0.3 is 10.7 Å². The van der Waals surface area contributed by atoms with Crippen molar-refractivity contribution < 1.29 is 0 Å². The zero-order valence-electron chi connectivity index (χ0n) is 9.81. The summed E-state index contributed by atoms with van der Waals surface area (Å²) in [6.45, 7) is 2.68. The van der Waals surface area contributed by atoms with Crippen LogP contribution in [-0.4, -0.2) is 15.0 Å². The second-order valence-electron chi connectivity index (χ2n) is 3.68. The van der Waals surface area contributed by atoms with Crippen molar-refractivity contribution in [2.45, 2.75) is 13.5 Å². The van der Waals surface area contributed by atoms with Crippen molar-refractivity contribution in [2.75, 3.05) is 10.7 Å². The summed E-state index contributed by atoms with van der Waals surface area (Å²) in [6, 6.07) is 1.97. The van der Waals surface area contributed by atoms with Crippen molar-refractivity contribution in [2.24, 2.45) is 5.84 Å². The van der Waals surface area contributed by atoms with Crippen molar-refractivity contribution in [3.05, 3.63) is 40.4 Å². The molecule has 2 aromatic rings. The van der Waals surface area contributed by atoms with Gasteiger partial charge in [-0.3, -0.25) is 4.98 Å². The Bertz CT molecular complexity index is 545. The molecule has 0 aliphatic rings. The van der Waals surface area contributed by atoms with Crippen LogP contribution in [0.1, 0.15) is 11.1 Å². The molecule has 0 aliphatic carbocycles. The monoisotopic (exact) mass is 308 g/mol. The lowest BCUT2D eigenvalue weighted by molar-refractivity contribution is 1.04. The Kier molecular flexibility index (Phi) is 4.06. The summed E-state index contributed by atoms with van der Waals surface area (Å²) >= 11 is 3.39. The Balaban J connectivity index is 2.14. The first-order valence-electron chi connectivity index (χ1n) is 5.33. The number of pyridine rings is 1. The average Bonchev–Trinajstić information content (AvgIpc) is 2.39. The number of aromatic nitrogens is 3. The summed E-state index contributed by atoms with van der Waals surface area (Å²) in [6.07, 6.45) is 5.05. The molecule has 0 unspecified atom stereocenters. The van der Waals surface area contributed by atoms with Crippen LogP contribution in [0.25, 0.3) is 0 Å². The fraction of sp³-hybridized carbons (Fsp3) is 0.182. The molecule has 4 N–H and O–H groups in total. The molecule has 0 fully saturated rings. The minimum Gasteiger partial charge on any atom is -0.365 e. The third-order valence-corrected chi connectivity index (χ3v) is 3.27. The van der Waals surface area contributed by atoms with E-state index in [0.717, 1.165) is 5.56 Å². The lowest BCUT2D eigenvalue weighted by atomic mass is 10.1. The molecule has 0 aromatic carbocycles. The lowest BCUT2D eigenvalue weighted by Gasteiger charge is -2.10. The summed E-state index contributed by atoms with van der Waals surface area (Å²) in [5.74, 6) is 6.56. The van der Waals surface area contributed by atoms with Crippen LogP contribution >= 0.6 is 15.9 Å². The zero-order valence-corrected chi connectivity index (χ0v) is 11.4. The van der Waals surface area contributed by atoms with Crippen molar-refractivity contribution in [1.82, 2.24) is 15.0 Å². The summed E-state index contributed by atoms with van der Waals surface area (Å²) < 4.78 is 0.703. The SMILES string of the molecule is Cc1ccncc1CNc1ncnc(NN)c1Br. The van der Waals surface area contributed by atoms with E-state index in [9.17, 15) is 0 Å². The Morgan fingerprint density at radius 2 is 2.11 bits per heavy atom. The lowest BCUT2D eigenvalue weighted by Crippen LogP contribution is -2.11. The van der Waals surface area contributed by atoms with Gasteiger partial charge in [-0.25, -0.2) is 15.8 Å². The number of rotatable bonds is 4. The van der Waals surface area contributed by atoms with Gasteiger partial charge in [-0.15, -0.1) is 0 Å². The number of aryl methyl sites for hydroxylation is 1. The number of halogens is 1. The molecule has 0 saturated heterocycles. The first-order valence-corrected chi connectivity index (χ1v) is 6.12. The van der Waals surface area contributed by atoms with Crippen LogP contribution in [0.2, 0.25) is 0 Å². The first kappa shape index (κ1) is 12.7. The maximum Gasteiger partial charge on any atom is 0.159 e. The number of nitrogens with zero attached hydrogens (tertiary/aromatic N) is 3. The third-order valence-electron chi connectivity index (χ3n) is 2.52. The largest absolute Gasteiger partial charge is 0.365 e. The van der Waals surface area contributed by atoms with Crippen LogP contribution in [0.15, 0.2) is 29.3 Å². The number of hydrogen-bond acceptors (Lipinski definition) is 6. The van der Waals surface area contributed by atoms with Gasteiger partial charge in [0.05, 0.1) is 0 Å². The van der Waals surface area contributed by atoms with Gasteiger partial charge >= 0.3 is 0 Å². The van der Waals surface area contributed by atoms with Gasteiger partial charge in [0.25, 0.3) is 0 Å². The summed E-state index contributed by atoms with van der Waals surface area (Å²) in [5.41, 5.74) is 4.79. The summed E-state index contributed by atoms with van der Waals surface area (Å²) in [4.78, 5) is 12.2. The molecule has 0 aliphatic heterocycles. The average molecular weight is 309 g/mol. The third kappa shape index (κ3) is 2.74. The van der Waals surface area contributed by atoms with Crippen molar-refractivity contribution >= 4 is 27.6 Å². The molecule has 0 amide bonds. The standard InChI is InChI=1S/C11H13BrN6/c1-7-2-3-14-4-8(7)5-15-10-9(12)11(18-13)17-6-16-10/h2-4,6H,5,13H2,1H3,(H2,15,16,17,18). The van der Waals surface area contributed by atoms with Gasteiger partial charge in [0.1, 0.15) is 16.6 Å². The molecule has 2 rings (SSSR count). The maximum absolute atomic E-state index is 5.34. The number of anilines is 2. The number of nitrogens with one attached hydrogen (secondary N) is 2. The minimum absolute atomic E-state index is 0.537. The maximum atomic E-state index is 5.34. The van der Waals surface area contributed by atoms with Crippen LogP contribution in [-0.2, 0) is 6.54 Å². The Morgan fingerprint density at radius 3 is 2.83 bits per heavy atom. The molecule has 0 saturated carbocycles. The van der Waals surface area contributed by atoms with E-state index in [2.05, 4.69) is 41.6 Å². The number of nitrogen functional groups attached to an aromatic ring is 1. The number of hydrogen-bond donors (Lipinski definition) is 3. The van der Waals surface area contributed by atoms with E-state index < -0.39 is 0 Å². The first-order chi connectivity index (χ1) is 8.72. The van der Waals surface area contributed by atoms with E-state index in [1.807, 2.05) is 19.2 Å². The van der Waals surface area contributed by atoms with Crippen LogP contribution in [0.3, 0.4) is 0 Å². The van der Waals surface area contributed by atoms with E-state index >= 15 is 0 Å². The highest BCUT2D eigenvalue weighted by molar-refractivity contribution is 9.10. The van der Waals surface area contributed by atoms with Crippen molar-refractivity contribution in [3.63, 3.8) is 0 Å². The van der Waals surface area contributed by atoms with Crippen molar-refractivity contribution in [3.8, 4) is 0 Å². The summed E-state index contributed by atoms with van der Waals surface area (Å²) in [7, 11) is 0. The highest BCUT2D eigenvalue weighted by Crippen LogP contribution is 2.26. The van der Waals surface area contributed by atoms with Crippen LogP contribution in [0.4, 0.5) is 11.6 Å². The molecule has 7 heteroatoms. The van der Waals surface area contributed by atoms with Gasteiger partial charge in [-0.1, -0.05) is 0 Å². The van der Waals surface area contributed by atoms with Gasteiger partial charge in [0.2, 0.25) is 0 Å². The van der Waals surface area contributed by atoms with E-state index in [4.69, 9.17) is 5.84 Å². The molecular weight excluding hydrogens is 296 g/mol. The predicted molar refractivity (Wildman–Crippen MR) is 73.8 cm³/mol. The molecule has 0 bridgehead atoms. The Hall–Kier alpha value is -1.73. The highest BCUT2D eigenvalue weighted by Gasteiger charge is 2.07. The highest BCUT2D eigenvalue weighted by atomic mass is 79.9. The smallest absolute Gasteiger partial charge is 0.159 e. The molecular formula is C11H13BrN6. The van der Waals surface area contributed by atoms with Gasteiger partial charge in [0, 0.05) is 18.9 Å². The topological polar surface area (TPSA) is 88.8 Å². The minimum atomic E-state index is 0.537. The van der Waals surface area contributed by atoms with E-state index in [1.165, 1.54) is 11.9 Å². The molecule has 0 radical (unpaired) electrons. The number of hydrazine groups is 1. The van der Waals surface area contributed by atoms with Gasteiger partial charge in [-0.05, 0) is 40.0 Å². The molecule has 2 heterocycles. The normalized spacial score (nSPS) is 10.2. The van der Waals surface area contributed by atoms with Crippen LogP contribution in [0.5, 0.6) is 0 Å². The zero-order chi connectivity index (χ0) is 13.0. The van der Waals surface area contributed by atoms with E-state index in [-0.39, 0.29) is 0 Å². The quantitative estimate of drug-likeness (QED) is 0.590.